The van der Waals surface area contributed by atoms with Gasteiger partial charge in [-0.1, -0.05) is 11.6 Å². The van der Waals surface area contributed by atoms with E-state index in [1.807, 2.05) is 17.0 Å². The van der Waals surface area contributed by atoms with Gasteiger partial charge in [0.05, 0.1) is 30.9 Å². The maximum atomic E-state index is 13.3. The van der Waals surface area contributed by atoms with Crippen molar-refractivity contribution in [3.8, 4) is 0 Å². The summed E-state index contributed by atoms with van der Waals surface area (Å²) >= 11 is 0. The molecule has 1 aromatic carbocycles. The van der Waals surface area contributed by atoms with Crippen molar-refractivity contribution in [2.24, 2.45) is 11.8 Å². The van der Waals surface area contributed by atoms with E-state index in [-0.39, 0.29) is 34.4 Å². The Bertz CT molecular complexity index is 946. The number of piperidine rings is 2. The molecular weight excluding hydrogens is 358 g/mol. The summed E-state index contributed by atoms with van der Waals surface area (Å²) in [6, 6.07) is 5.76. The molecule has 1 spiro atoms. The van der Waals surface area contributed by atoms with Crippen LogP contribution < -0.4 is 10.1 Å². The molecule has 1 aliphatic carbocycles. The van der Waals surface area contributed by atoms with Crippen LogP contribution >= 0.6 is 0 Å². The zero-order valence-corrected chi connectivity index (χ0v) is 15.5. The fourth-order valence-electron chi connectivity index (χ4n) is 7.66. The molecule has 7 heteroatoms. The summed E-state index contributed by atoms with van der Waals surface area (Å²) in [7, 11) is 0. The predicted octanol–water partition coefficient (Wildman–Crippen LogP) is 1.79. The highest BCUT2D eigenvalue weighted by atomic mass is 16.8. The van der Waals surface area contributed by atoms with Crippen molar-refractivity contribution in [3.05, 3.63) is 40.6 Å². The Kier molecular flexibility index (Phi) is 2.83. The van der Waals surface area contributed by atoms with Gasteiger partial charge in [-0.05, 0) is 49.1 Å². The first kappa shape index (κ1) is 15.9. The van der Waals surface area contributed by atoms with Crippen LogP contribution in [0.3, 0.4) is 0 Å². The molecule has 3 saturated heterocycles. The number of nitrogens with zero attached hydrogens (tertiary/aromatic N) is 3. The van der Waals surface area contributed by atoms with E-state index in [1.165, 1.54) is 5.57 Å². The van der Waals surface area contributed by atoms with Crippen molar-refractivity contribution >= 4 is 17.3 Å². The third-order valence-electron chi connectivity index (χ3n) is 8.51. The lowest BCUT2D eigenvalue weighted by Crippen LogP contribution is -2.69. The lowest BCUT2D eigenvalue weighted by molar-refractivity contribution is -0.132. The van der Waals surface area contributed by atoms with Gasteiger partial charge in [0.15, 0.2) is 0 Å². The number of fused-ring (bicyclic) bond motifs is 2. The van der Waals surface area contributed by atoms with E-state index < -0.39 is 0 Å². The molecule has 5 aliphatic heterocycles. The fourth-order valence-corrected chi connectivity index (χ4v) is 7.66. The fraction of sp³-hybridized carbons (Fsp3) is 0.571. The van der Waals surface area contributed by atoms with Crippen molar-refractivity contribution in [1.29, 1.82) is 0 Å². The molecule has 1 amide bonds. The SMILES string of the molecule is O=C1CC2OCC=C3CN4CCC56c7cc(N([O-])O)ccc7N1C5C2C3CC46. The van der Waals surface area contributed by atoms with Gasteiger partial charge in [0, 0.05) is 29.6 Å². The minimum Gasteiger partial charge on any atom is -0.733 e. The molecule has 6 unspecified atom stereocenters. The first-order chi connectivity index (χ1) is 13.6. The number of hydrogen-bond donors (Lipinski definition) is 1. The maximum absolute atomic E-state index is 13.3. The van der Waals surface area contributed by atoms with E-state index in [2.05, 4.69) is 11.0 Å². The van der Waals surface area contributed by atoms with E-state index in [4.69, 9.17) is 4.74 Å². The van der Waals surface area contributed by atoms with E-state index in [9.17, 15) is 15.2 Å². The number of ether oxygens (including phenoxy) is 1. The Morgan fingerprint density at radius 2 is 2.25 bits per heavy atom. The van der Waals surface area contributed by atoms with E-state index in [0.717, 1.165) is 37.2 Å². The van der Waals surface area contributed by atoms with Crippen molar-refractivity contribution < 1.29 is 14.7 Å². The molecule has 0 radical (unpaired) electrons. The van der Waals surface area contributed by atoms with Gasteiger partial charge in [-0.25, -0.2) is 0 Å². The number of hydrogen-bond acceptors (Lipinski definition) is 6. The Morgan fingerprint density at radius 3 is 3.11 bits per heavy atom. The summed E-state index contributed by atoms with van der Waals surface area (Å²) < 4.78 is 6.21. The Hall–Kier alpha value is -1.93. The highest BCUT2D eigenvalue weighted by Gasteiger charge is 2.71. The molecule has 6 aliphatic rings. The van der Waals surface area contributed by atoms with Crippen LogP contribution in [0.2, 0.25) is 0 Å². The van der Waals surface area contributed by atoms with Crippen LogP contribution in [0.4, 0.5) is 11.4 Å². The molecule has 7 nitrogen and oxygen atoms in total. The van der Waals surface area contributed by atoms with Crippen LogP contribution in [0, 0.1) is 17.0 Å². The van der Waals surface area contributed by atoms with Crippen LogP contribution in [-0.2, 0) is 14.9 Å². The quantitative estimate of drug-likeness (QED) is 0.591. The van der Waals surface area contributed by atoms with E-state index in [1.54, 1.807) is 6.07 Å². The number of amides is 1. The molecular formula is C21H22N3O4-. The van der Waals surface area contributed by atoms with Gasteiger partial charge in [0.1, 0.15) is 0 Å². The maximum Gasteiger partial charge on any atom is 0.229 e. The van der Waals surface area contributed by atoms with Crippen molar-refractivity contribution in [2.75, 3.05) is 29.8 Å². The Balaban J connectivity index is 1.51. The number of rotatable bonds is 1. The summed E-state index contributed by atoms with van der Waals surface area (Å²) in [6.45, 7) is 2.60. The van der Waals surface area contributed by atoms with Gasteiger partial charge in [-0.3, -0.25) is 14.9 Å². The van der Waals surface area contributed by atoms with Crippen LogP contribution in [0.5, 0.6) is 0 Å². The monoisotopic (exact) mass is 380 g/mol. The molecule has 28 heavy (non-hydrogen) atoms. The van der Waals surface area contributed by atoms with E-state index in [0.29, 0.717) is 30.9 Å². The third-order valence-corrected chi connectivity index (χ3v) is 8.51. The standard InChI is InChI=1S/C21H22N3O4/c25-18-9-16-19-13-8-17-21(4-5-22(17)10-11(13)3-6-28-16)14-7-12(24(26)27)1-2-15(14)23(18)20(19)21/h1-3,7,13,16-17,19-20,26H,4-6,8-10H2/q-1. The van der Waals surface area contributed by atoms with Crippen LogP contribution in [0.25, 0.3) is 0 Å². The smallest absolute Gasteiger partial charge is 0.229 e. The summed E-state index contributed by atoms with van der Waals surface area (Å²) in [4.78, 5) is 17.9. The second-order valence-corrected chi connectivity index (χ2v) is 9.23. The number of anilines is 2. The molecule has 7 rings (SSSR count). The highest BCUT2D eigenvalue weighted by Crippen LogP contribution is 2.65. The molecule has 0 aromatic heterocycles. The van der Waals surface area contributed by atoms with Crippen molar-refractivity contribution in [3.63, 3.8) is 0 Å². The van der Waals surface area contributed by atoms with Crippen LogP contribution in [0.15, 0.2) is 29.8 Å². The van der Waals surface area contributed by atoms with Crippen LogP contribution in [-0.4, -0.2) is 53.9 Å². The second kappa shape index (κ2) is 4.97. The van der Waals surface area contributed by atoms with Crippen LogP contribution in [0.1, 0.15) is 24.8 Å². The van der Waals surface area contributed by atoms with Crippen molar-refractivity contribution in [1.82, 2.24) is 4.90 Å². The first-order valence-corrected chi connectivity index (χ1v) is 10.3. The van der Waals surface area contributed by atoms with Gasteiger partial charge >= 0.3 is 0 Å². The molecule has 2 bridgehead atoms. The number of carbonyl (C=O) groups excluding carboxylic acids is 1. The molecule has 1 aromatic rings. The molecule has 6 atom stereocenters. The molecule has 1 saturated carbocycles. The number of carbonyl (C=O) groups is 1. The molecule has 5 heterocycles. The van der Waals surface area contributed by atoms with Crippen molar-refractivity contribution in [2.45, 2.75) is 42.9 Å². The average Bonchev–Trinajstić information content (AvgIpc) is 3.15. The molecule has 1 N–H and O–H groups in total. The Labute approximate surface area is 162 Å². The summed E-state index contributed by atoms with van der Waals surface area (Å²) in [6.07, 6.45) is 4.74. The predicted molar refractivity (Wildman–Crippen MR) is 101 cm³/mol. The zero-order valence-electron chi connectivity index (χ0n) is 15.5. The summed E-state index contributed by atoms with van der Waals surface area (Å²) in [5, 5.41) is 21.1. The lowest BCUT2D eigenvalue weighted by atomic mass is 9.53. The van der Waals surface area contributed by atoms with Gasteiger partial charge < -0.3 is 20.1 Å². The highest BCUT2D eigenvalue weighted by molar-refractivity contribution is 5.99. The van der Waals surface area contributed by atoms with Gasteiger partial charge in [-0.15, -0.1) is 0 Å². The summed E-state index contributed by atoms with van der Waals surface area (Å²) in [5.41, 5.74) is 3.57. The molecule has 4 fully saturated rings. The zero-order chi connectivity index (χ0) is 18.8. The number of benzene rings is 1. The average molecular weight is 380 g/mol. The normalized spacial score (nSPS) is 42.2. The molecule has 146 valence electrons. The first-order valence-electron chi connectivity index (χ1n) is 10.3. The van der Waals surface area contributed by atoms with Gasteiger partial charge in [0.25, 0.3) is 0 Å². The third kappa shape index (κ3) is 1.61. The van der Waals surface area contributed by atoms with E-state index >= 15 is 0 Å². The topological polar surface area (TPSA) is 79.3 Å². The van der Waals surface area contributed by atoms with Gasteiger partial charge in [-0.2, -0.15) is 0 Å². The Morgan fingerprint density at radius 1 is 1.36 bits per heavy atom. The minimum absolute atomic E-state index is 0.0277. The largest absolute Gasteiger partial charge is 0.733 e. The second-order valence-electron chi connectivity index (χ2n) is 9.23. The lowest BCUT2D eigenvalue weighted by Gasteiger charge is -2.58. The minimum atomic E-state index is -0.171. The summed E-state index contributed by atoms with van der Waals surface area (Å²) in [5.74, 6) is 0.904. The van der Waals surface area contributed by atoms with Gasteiger partial charge in [0.2, 0.25) is 5.91 Å².